The predicted molar refractivity (Wildman–Crippen MR) is 84.1 cm³/mol. The van der Waals surface area contributed by atoms with Gasteiger partial charge in [0.05, 0.1) is 16.8 Å². The van der Waals surface area contributed by atoms with Crippen LogP contribution < -0.4 is 4.90 Å². The van der Waals surface area contributed by atoms with E-state index in [9.17, 15) is 5.11 Å². The van der Waals surface area contributed by atoms with Gasteiger partial charge in [-0.25, -0.2) is 0 Å². The van der Waals surface area contributed by atoms with Crippen LogP contribution in [0.2, 0.25) is 5.02 Å². The molecule has 3 heteroatoms. The summed E-state index contributed by atoms with van der Waals surface area (Å²) in [5.74, 6) is 0. The average Bonchev–Trinajstić information content (AvgIpc) is 2.39. The maximum Gasteiger partial charge on any atom is 0.0762 e. The molecule has 1 aromatic rings. The highest BCUT2D eigenvalue weighted by Gasteiger charge is 2.11. The van der Waals surface area contributed by atoms with E-state index in [0.29, 0.717) is 0 Å². The summed E-state index contributed by atoms with van der Waals surface area (Å²) < 4.78 is 0. The molecule has 19 heavy (non-hydrogen) atoms. The van der Waals surface area contributed by atoms with E-state index in [-0.39, 0.29) is 0 Å². The molecule has 2 nitrogen and oxygen atoms in total. The third-order valence-corrected chi connectivity index (χ3v) is 3.66. The Morgan fingerprint density at radius 2 is 1.74 bits per heavy atom. The number of hydrogen-bond donors (Lipinski definition) is 1. The van der Waals surface area contributed by atoms with Crippen LogP contribution in [0.4, 0.5) is 5.69 Å². The molecule has 0 radical (unpaired) electrons. The molecule has 0 aliphatic heterocycles. The van der Waals surface area contributed by atoms with Gasteiger partial charge in [-0.15, -0.1) is 0 Å². The molecular weight excluding hydrogens is 258 g/mol. The standard InChI is InChI=1S/C16H26ClNO/c1-4-6-10-18(11-7-5-2)16-9-8-14(13(3)19)12-15(16)17/h8-9,12-13,19H,4-7,10-11H2,1-3H3. The Morgan fingerprint density at radius 1 is 1.16 bits per heavy atom. The zero-order valence-corrected chi connectivity index (χ0v) is 13.1. The summed E-state index contributed by atoms with van der Waals surface area (Å²) in [6.45, 7) is 8.26. The van der Waals surface area contributed by atoms with E-state index in [1.54, 1.807) is 6.92 Å². The number of halogens is 1. The molecule has 1 unspecified atom stereocenters. The Morgan fingerprint density at radius 3 is 2.16 bits per heavy atom. The van der Waals surface area contributed by atoms with Crippen LogP contribution in [-0.4, -0.2) is 18.2 Å². The van der Waals surface area contributed by atoms with Crippen LogP contribution >= 0.6 is 11.6 Å². The summed E-state index contributed by atoms with van der Waals surface area (Å²) >= 11 is 6.37. The van der Waals surface area contributed by atoms with Crippen molar-refractivity contribution < 1.29 is 5.11 Å². The van der Waals surface area contributed by atoms with Gasteiger partial charge in [-0.05, 0) is 37.5 Å². The molecule has 0 bridgehead atoms. The summed E-state index contributed by atoms with van der Waals surface area (Å²) in [6.07, 6.45) is 4.26. The number of hydrogen-bond acceptors (Lipinski definition) is 2. The van der Waals surface area contributed by atoms with Gasteiger partial charge in [0, 0.05) is 13.1 Å². The van der Waals surface area contributed by atoms with Crippen molar-refractivity contribution in [3.8, 4) is 0 Å². The fourth-order valence-corrected chi connectivity index (χ4v) is 2.40. The number of unbranched alkanes of at least 4 members (excludes halogenated alkanes) is 2. The van der Waals surface area contributed by atoms with Crippen molar-refractivity contribution in [3.05, 3.63) is 28.8 Å². The smallest absolute Gasteiger partial charge is 0.0762 e. The number of nitrogens with zero attached hydrogens (tertiary/aromatic N) is 1. The van der Waals surface area contributed by atoms with Gasteiger partial charge >= 0.3 is 0 Å². The summed E-state index contributed by atoms with van der Waals surface area (Å²) in [4.78, 5) is 2.36. The topological polar surface area (TPSA) is 23.5 Å². The highest BCUT2D eigenvalue weighted by molar-refractivity contribution is 6.33. The molecular formula is C16H26ClNO. The Labute approximate surface area is 122 Å². The molecule has 0 aromatic heterocycles. The Bertz CT molecular complexity index is 371. The van der Waals surface area contributed by atoms with Crippen LogP contribution in [0.3, 0.4) is 0 Å². The van der Waals surface area contributed by atoms with Crippen LogP contribution in [0, 0.1) is 0 Å². The molecule has 0 heterocycles. The molecule has 1 atom stereocenters. The van der Waals surface area contributed by atoms with E-state index in [1.807, 2.05) is 18.2 Å². The lowest BCUT2D eigenvalue weighted by Gasteiger charge is -2.26. The highest BCUT2D eigenvalue weighted by Crippen LogP contribution is 2.29. The lowest BCUT2D eigenvalue weighted by Crippen LogP contribution is -2.25. The van der Waals surface area contributed by atoms with Crippen LogP contribution in [0.25, 0.3) is 0 Å². The number of aliphatic hydroxyl groups excluding tert-OH is 1. The maximum absolute atomic E-state index is 9.59. The molecule has 0 spiro atoms. The Kier molecular flexibility index (Phi) is 7.25. The van der Waals surface area contributed by atoms with E-state index >= 15 is 0 Å². The lowest BCUT2D eigenvalue weighted by molar-refractivity contribution is 0.199. The van der Waals surface area contributed by atoms with Gasteiger partial charge in [-0.3, -0.25) is 0 Å². The third kappa shape index (κ3) is 5.04. The van der Waals surface area contributed by atoms with Crippen LogP contribution in [-0.2, 0) is 0 Å². The first-order valence-electron chi connectivity index (χ1n) is 7.32. The van der Waals surface area contributed by atoms with Gasteiger partial charge in [0.15, 0.2) is 0 Å². The van der Waals surface area contributed by atoms with Crippen LogP contribution in [0.5, 0.6) is 0 Å². The summed E-state index contributed by atoms with van der Waals surface area (Å²) in [7, 11) is 0. The maximum atomic E-state index is 9.59. The van der Waals surface area contributed by atoms with Crippen molar-refractivity contribution >= 4 is 17.3 Å². The lowest BCUT2D eigenvalue weighted by atomic mass is 10.1. The highest BCUT2D eigenvalue weighted by atomic mass is 35.5. The van der Waals surface area contributed by atoms with E-state index in [1.165, 1.54) is 25.7 Å². The van der Waals surface area contributed by atoms with Crippen molar-refractivity contribution in [2.24, 2.45) is 0 Å². The summed E-state index contributed by atoms with van der Waals surface area (Å²) in [6, 6.07) is 5.89. The first-order valence-corrected chi connectivity index (χ1v) is 7.70. The van der Waals surface area contributed by atoms with E-state index in [0.717, 1.165) is 29.4 Å². The number of benzene rings is 1. The second-order valence-corrected chi connectivity index (χ2v) is 5.49. The van der Waals surface area contributed by atoms with E-state index < -0.39 is 6.10 Å². The van der Waals surface area contributed by atoms with Crippen molar-refractivity contribution in [1.29, 1.82) is 0 Å². The first kappa shape index (κ1) is 16.3. The SMILES string of the molecule is CCCCN(CCCC)c1ccc(C(C)O)cc1Cl. The number of aliphatic hydroxyl groups is 1. The van der Waals surface area contributed by atoms with Gasteiger partial charge in [-0.2, -0.15) is 0 Å². The molecule has 0 aliphatic carbocycles. The minimum atomic E-state index is -0.466. The van der Waals surface area contributed by atoms with Crippen molar-refractivity contribution in [2.45, 2.75) is 52.6 Å². The molecule has 0 saturated carbocycles. The second kappa shape index (κ2) is 8.44. The number of rotatable bonds is 8. The van der Waals surface area contributed by atoms with Gasteiger partial charge in [0.2, 0.25) is 0 Å². The zero-order chi connectivity index (χ0) is 14.3. The molecule has 1 rings (SSSR count). The first-order chi connectivity index (χ1) is 9.10. The minimum absolute atomic E-state index is 0.466. The average molecular weight is 284 g/mol. The quantitative estimate of drug-likeness (QED) is 0.741. The third-order valence-electron chi connectivity index (χ3n) is 3.36. The molecule has 0 fully saturated rings. The number of anilines is 1. The fourth-order valence-electron chi connectivity index (χ4n) is 2.09. The summed E-state index contributed by atoms with van der Waals surface area (Å²) in [5.41, 5.74) is 1.97. The molecule has 1 aromatic carbocycles. The normalized spacial score (nSPS) is 12.5. The van der Waals surface area contributed by atoms with Crippen LogP contribution in [0.1, 0.15) is 58.1 Å². The minimum Gasteiger partial charge on any atom is -0.389 e. The molecule has 0 amide bonds. The summed E-state index contributed by atoms with van der Waals surface area (Å²) in [5, 5.41) is 10.3. The van der Waals surface area contributed by atoms with Gasteiger partial charge in [0.1, 0.15) is 0 Å². The van der Waals surface area contributed by atoms with Crippen LogP contribution in [0.15, 0.2) is 18.2 Å². The van der Waals surface area contributed by atoms with Crippen molar-refractivity contribution in [3.63, 3.8) is 0 Å². The zero-order valence-electron chi connectivity index (χ0n) is 12.3. The monoisotopic (exact) mass is 283 g/mol. The molecule has 0 saturated heterocycles. The van der Waals surface area contributed by atoms with Gasteiger partial charge in [-0.1, -0.05) is 44.4 Å². The largest absolute Gasteiger partial charge is 0.389 e. The Hall–Kier alpha value is -0.730. The van der Waals surface area contributed by atoms with E-state index in [2.05, 4.69) is 18.7 Å². The Balaban J connectivity index is 2.87. The van der Waals surface area contributed by atoms with E-state index in [4.69, 9.17) is 11.6 Å². The molecule has 0 aliphatic rings. The van der Waals surface area contributed by atoms with Gasteiger partial charge in [0.25, 0.3) is 0 Å². The fraction of sp³-hybridized carbons (Fsp3) is 0.625. The molecule has 1 N–H and O–H groups in total. The van der Waals surface area contributed by atoms with Crippen molar-refractivity contribution in [1.82, 2.24) is 0 Å². The van der Waals surface area contributed by atoms with Gasteiger partial charge < -0.3 is 10.0 Å². The second-order valence-electron chi connectivity index (χ2n) is 5.08. The molecule has 108 valence electrons. The predicted octanol–water partition coefficient (Wildman–Crippen LogP) is 4.80. The van der Waals surface area contributed by atoms with Crippen molar-refractivity contribution in [2.75, 3.05) is 18.0 Å².